The summed E-state index contributed by atoms with van der Waals surface area (Å²) < 4.78 is 17.1. The summed E-state index contributed by atoms with van der Waals surface area (Å²) in [5, 5.41) is 9.18. The first-order chi connectivity index (χ1) is 9.98. The molecule has 0 saturated carbocycles. The third kappa shape index (κ3) is 4.49. The maximum absolute atomic E-state index is 12.1. The molecule has 0 radical (unpaired) electrons. The summed E-state index contributed by atoms with van der Waals surface area (Å²) in [6, 6.07) is 11.5. The lowest BCUT2D eigenvalue weighted by atomic mass is 10.1. The van der Waals surface area contributed by atoms with Gasteiger partial charge in [-0.05, 0) is 23.3 Å². The van der Waals surface area contributed by atoms with E-state index >= 15 is 0 Å². The number of nitrogens with zero attached hydrogens (tertiary/aromatic N) is 1. The van der Waals surface area contributed by atoms with Crippen LogP contribution in [0.25, 0.3) is 0 Å². The normalized spacial score (nSPS) is 15.1. The Morgan fingerprint density at radius 2 is 1.81 bits per heavy atom. The molecule has 7 heteroatoms. The monoisotopic (exact) mass is 307 g/mol. The number of carboxylic acids is 1. The Labute approximate surface area is 121 Å². The van der Waals surface area contributed by atoms with Crippen LogP contribution in [0.4, 0.5) is 0 Å². The number of aromatic nitrogens is 1. The van der Waals surface area contributed by atoms with Crippen molar-refractivity contribution >= 4 is 13.6 Å². The van der Waals surface area contributed by atoms with Crippen molar-refractivity contribution in [2.75, 3.05) is 0 Å². The number of rotatable bonds is 6. The van der Waals surface area contributed by atoms with E-state index in [4.69, 9.17) is 4.52 Å². The maximum Gasteiger partial charge on any atom is 0.338 e. The fourth-order valence-electron chi connectivity index (χ4n) is 1.80. The van der Waals surface area contributed by atoms with Crippen molar-refractivity contribution in [2.45, 2.75) is 12.3 Å². The van der Waals surface area contributed by atoms with Gasteiger partial charge >= 0.3 is 13.6 Å². The van der Waals surface area contributed by atoms with Gasteiger partial charge in [0.05, 0.1) is 6.16 Å². The molecule has 1 aromatic heterocycles. The highest BCUT2D eigenvalue weighted by atomic mass is 31.2. The van der Waals surface area contributed by atoms with E-state index in [2.05, 4.69) is 4.98 Å². The number of carboxylic acid groups (broad SMARTS) is 1. The van der Waals surface area contributed by atoms with E-state index in [-0.39, 0.29) is 11.7 Å². The van der Waals surface area contributed by atoms with Crippen molar-refractivity contribution in [1.82, 2.24) is 4.98 Å². The minimum absolute atomic E-state index is 0.247. The van der Waals surface area contributed by atoms with Crippen LogP contribution in [0.15, 0.2) is 54.9 Å². The highest BCUT2D eigenvalue weighted by Crippen LogP contribution is 2.49. The molecule has 0 saturated heterocycles. The summed E-state index contributed by atoms with van der Waals surface area (Å²) in [6.07, 6.45) is 1.04. The minimum atomic E-state index is -4.09. The standard InChI is InChI=1S/C14H14NO5P/c16-14(17)13(12-6-8-15-9-7-12)20-21(18,19)10-11-4-2-1-3-5-11/h1-9,13H,10H2,(H,16,17)(H,18,19). The molecular weight excluding hydrogens is 293 g/mol. The van der Waals surface area contributed by atoms with Crippen molar-refractivity contribution in [1.29, 1.82) is 0 Å². The van der Waals surface area contributed by atoms with Crippen LogP contribution < -0.4 is 0 Å². The van der Waals surface area contributed by atoms with Gasteiger partial charge in [-0.25, -0.2) is 4.79 Å². The summed E-state index contributed by atoms with van der Waals surface area (Å²) in [5.74, 6) is -1.33. The van der Waals surface area contributed by atoms with E-state index in [1.807, 2.05) is 0 Å². The zero-order valence-electron chi connectivity index (χ0n) is 11.0. The van der Waals surface area contributed by atoms with E-state index < -0.39 is 19.7 Å². The summed E-state index contributed by atoms with van der Waals surface area (Å²) in [5.41, 5.74) is 0.863. The van der Waals surface area contributed by atoms with Gasteiger partial charge in [-0.3, -0.25) is 14.1 Å². The first-order valence-corrected chi connectivity index (χ1v) is 7.91. The van der Waals surface area contributed by atoms with Gasteiger partial charge in [-0.15, -0.1) is 0 Å². The Morgan fingerprint density at radius 1 is 1.19 bits per heavy atom. The van der Waals surface area contributed by atoms with Gasteiger partial charge in [-0.1, -0.05) is 30.3 Å². The van der Waals surface area contributed by atoms with E-state index in [9.17, 15) is 19.4 Å². The van der Waals surface area contributed by atoms with Crippen LogP contribution >= 0.6 is 7.60 Å². The molecular formula is C14H14NO5P. The second-order valence-corrected chi connectivity index (χ2v) is 6.19. The lowest BCUT2D eigenvalue weighted by Crippen LogP contribution is -2.14. The van der Waals surface area contributed by atoms with Crippen LogP contribution in [-0.4, -0.2) is 21.0 Å². The average Bonchev–Trinajstić information content (AvgIpc) is 2.46. The molecule has 6 nitrogen and oxygen atoms in total. The van der Waals surface area contributed by atoms with Gasteiger partial charge < -0.3 is 10.00 Å². The molecule has 110 valence electrons. The SMILES string of the molecule is O=C(O)C(OP(=O)(O)Cc1ccccc1)c1ccncc1. The smallest absolute Gasteiger partial charge is 0.338 e. The molecule has 0 spiro atoms. The highest BCUT2D eigenvalue weighted by molar-refractivity contribution is 7.52. The van der Waals surface area contributed by atoms with Crippen molar-refractivity contribution < 1.29 is 23.9 Å². The molecule has 0 aliphatic carbocycles. The molecule has 2 aromatic rings. The van der Waals surface area contributed by atoms with E-state index in [0.29, 0.717) is 5.56 Å². The summed E-state index contributed by atoms with van der Waals surface area (Å²) >= 11 is 0. The zero-order chi connectivity index (χ0) is 15.3. The predicted octanol–water partition coefficient (Wildman–Crippen LogP) is 2.61. The van der Waals surface area contributed by atoms with E-state index in [1.54, 1.807) is 30.3 Å². The van der Waals surface area contributed by atoms with Crippen molar-refractivity contribution in [3.8, 4) is 0 Å². The molecule has 1 heterocycles. The van der Waals surface area contributed by atoms with E-state index in [0.717, 1.165) is 0 Å². The molecule has 0 aliphatic heterocycles. The first-order valence-electron chi connectivity index (χ1n) is 6.15. The second kappa shape index (κ2) is 6.63. The lowest BCUT2D eigenvalue weighted by Gasteiger charge is -2.18. The average molecular weight is 307 g/mol. The zero-order valence-corrected chi connectivity index (χ0v) is 11.9. The fraction of sp³-hybridized carbons (Fsp3) is 0.143. The molecule has 0 amide bonds. The Morgan fingerprint density at radius 3 is 2.38 bits per heavy atom. The first kappa shape index (κ1) is 15.4. The number of aliphatic carboxylic acids is 1. The van der Waals surface area contributed by atoms with Crippen molar-refractivity contribution in [3.05, 3.63) is 66.0 Å². The highest BCUT2D eigenvalue weighted by Gasteiger charge is 2.31. The summed E-state index contributed by atoms with van der Waals surface area (Å²) in [4.78, 5) is 24.9. The molecule has 2 atom stereocenters. The Hall–Kier alpha value is -2.01. The maximum atomic E-state index is 12.1. The minimum Gasteiger partial charge on any atom is -0.479 e. The lowest BCUT2D eigenvalue weighted by molar-refractivity contribution is -0.145. The predicted molar refractivity (Wildman–Crippen MR) is 75.7 cm³/mol. The Kier molecular flexibility index (Phi) is 4.85. The molecule has 21 heavy (non-hydrogen) atoms. The van der Waals surface area contributed by atoms with Gasteiger partial charge in [0.15, 0.2) is 6.10 Å². The topological polar surface area (TPSA) is 96.7 Å². The third-order valence-electron chi connectivity index (χ3n) is 2.73. The van der Waals surface area contributed by atoms with Gasteiger partial charge in [-0.2, -0.15) is 0 Å². The van der Waals surface area contributed by atoms with Crippen LogP contribution in [0.2, 0.25) is 0 Å². The van der Waals surface area contributed by atoms with Crippen molar-refractivity contribution in [2.24, 2.45) is 0 Å². The van der Waals surface area contributed by atoms with Crippen LogP contribution in [0.5, 0.6) is 0 Å². The number of pyridine rings is 1. The molecule has 2 N–H and O–H groups in total. The van der Waals surface area contributed by atoms with Crippen molar-refractivity contribution in [3.63, 3.8) is 0 Å². The van der Waals surface area contributed by atoms with Gasteiger partial charge in [0.25, 0.3) is 0 Å². The van der Waals surface area contributed by atoms with Gasteiger partial charge in [0.2, 0.25) is 0 Å². The number of benzene rings is 1. The largest absolute Gasteiger partial charge is 0.479 e. The molecule has 0 aliphatic rings. The Bertz CT molecular complexity index is 647. The van der Waals surface area contributed by atoms with Crippen LogP contribution in [0.3, 0.4) is 0 Å². The third-order valence-corrected chi connectivity index (χ3v) is 4.03. The van der Waals surface area contributed by atoms with Crippen LogP contribution in [0.1, 0.15) is 17.2 Å². The number of hydrogen-bond donors (Lipinski definition) is 2. The fourth-order valence-corrected chi connectivity index (χ4v) is 3.09. The number of carbonyl (C=O) groups is 1. The van der Waals surface area contributed by atoms with Gasteiger partial charge in [0.1, 0.15) is 0 Å². The molecule has 0 bridgehead atoms. The van der Waals surface area contributed by atoms with Gasteiger partial charge in [0, 0.05) is 12.4 Å². The van der Waals surface area contributed by atoms with Crippen LogP contribution in [0, 0.1) is 0 Å². The van der Waals surface area contributed by atoms with Crippen LogP contribution in [-0.2, 0) is 20.0 Å². The second-order valence-electron chi connectivity index (χ2n) is 4.39. The molecule has 0 fully saturated rings. The Balaban J connectivity index is 2.16. The molecule has 2 unspecified atom stereocenters. The molecule has 2 rings (SSSR count). The number of hydrogen-bond acceptors (Lipinski definition) is 4. The summed E-state index contributed by atoms with van der Waals surface area (Å²) in [7, 11) is -4.09. The summed E-state index contributed by atoms with van der Waals surface area (Å²) in [6.45, 7) is 0. The molecule has 1 aromatic carbocycles. The van der Waals surface area contributed by atoms with E-state index in [1.165, 1.54) is 24.5 Å². The quantitative estimate of drug-likeness (QED) is 0.796.